The highest BCUT2D eigenvalue weighted by molar-refractivity contribution is 6.31. The van der Waals surface area contributed by atoms with Crippen molar-refractivity contribution in [3.8, 4) is 0 Å². The Morgan fingerprint density at radius 2 is 2.36 bits per heavy atom. The van der Waals surface area contributed by atoms with E-state index >= 15 is 0 Å². The van der Waals surface area contributed by atoms with E-state index in [0.29, 0.717) is 23.7 Å². The van der Waals surface area contributed by atoms with Gasteiger partial charge in [-0.25, -0.2) is 0 Å². The molecule has 1 aliphatic heterocycles. The molecule has 1 heterocycles. The van der Waals surface area contributed by atoms with Gasteiger partial charge in [0.1, 0.15) is 0 Å². The van der Waals surface area contributed by atoms with Gasteiger partial charge in [0.2, 0.25) is 0 Å². The van der Waals surface area contributed by atoms with E-state index < -0.39 is 0 Å². The van der Waals surface area contributed by atoms with Crippen LogP contribution in [0.2, 0.25) is 5.02 Å². The molecule has 1 aromatic rings. The third kappa shape index (κ3) is 1.49. The Morgan fingerprint density at radius 1 is 1.57 bits per heavy atom. The van der Waals surface area contributed by atoms with Crippen LogP contribution in [0.25, 0.3) is 0 Å². The van der Waals surface area contributed by atoms with Gasteiger partial charge in [-0.1, -0.05) is 11.6 Å². The summed E-state index contributed by atoms with van der Waals surface area (Å²) in [6.45, 7) is 0.988. The number of fused-ring (bicyclic) bond motifs is 1. The molecule has 0 aliphatic carbocycles. The number of benzene rings is 1. The number of nitrogens with two attached hydrogens (primary N) is 1. The lowest BCUT2D eigenvalue weighted by atomic mass is 9.92. The first-order chi connectivity index (χ1) is 6.72. The highest BCUT2D eigenvalue weighted by atomic mass is 35.5. The molecular weight excluding hydrogens is 200 g/mol. The highest BCUT2D eigenvalue weighted by Gasteiger charge is 2.25. The summed E-state index contributed by atoms with van der Waals surface area (Å²) in [5.41, 5.74) is 7.00. The number of nitrogens with one attached hydrogen (secondary N) is 1. The van der Waals surface area contributed by atoms with E-state index in [-0.39, 0.29) is 11.7 Å². The summed E-state index contributed by atoms with van der Waals surface area (Å²) in [6.07, 6.45) is 0. The van der Waals surface area contributed by atoms with Crippen molar-refractivity contribution in [3.05, 3.63) is 28.8 Å². The molecule has 0 saturated carbocycles. The van der Waals surface area contributed by atoms with Crippen molar-refractivity contribution >= 4 is 23.1 Å². The fourth-order valence-corrected chi connectivity index (χ4v) is 1.78. The number of carbonyl (C=O) groups is 1. The van der Waals surface area contributed by atoms with Crippen molar-refractivity contribution in [1.29, 1.82) is 0 Å². The molecule has 2 rings (SSSR count). The van der Waals surface area contributed by atoms with Crippen LogP contribution in [0.15, 0.2) is 18.2 Å². The monoisotopic (exact) mass is 210 g/mol. The van der Waals surface area contributed by atoms with Gasteiger partial charge >= 0.3 is 0 Å². The van der Waals surface area contributed by atoms with Gasteiger partial charge < -0.3 is 11.1 Å². The summed E-state index contributed by atoms with van der Waals surface area (Å²) in [6, 6.07) is 5.28. The molecule has 0 fully saturated rings. The number of ketones is 1. The van der Waals surface area contributed by atoms with Crippen LogP contribution >= 0.6 is 11.6 Å². The highest BCUT2D eigenvalue weighted by Crippen LogP contribution is 2.26. The maximum Gasteiger partial charge on any atom is 0.171 e. The molecule has 1 atom stereocenters. The first-order valence-electron chi connectivity index (χ1n) is 4.50. The SMILES string of the molecule is NCC1CNc2ccc(Cl)cc2C1=O. The number of Topliss-reactive ketones (excluding diaryl/α,β-unsaturated/α-hetero) is 1. The quantitative estimate of drug-likeness (QED) is 0.739. The summed E-state index contributed by atoms with van der Waals surface area (Å²) in [4.78, 5) is 11.8. The zero-order chi connectivity index (χ0) is 10.1. The molecule has 0 amide bonds. The Balaban J connectivity index is 2.43. The Labute approximate surface area is 87.2 Å². The van der Waals surface area contributed by atoms with Crippen molar-refractivity contribution in [2.45, 2.75) is 0 Å². The summed E-state index contributed by atoms with van der Waals surface area (Å²) >= 11 is 5.82. The lowest BCUT2D eigenvalue weighted by Gasteiger charge is -2.23. The number of carbonyl (C=O) groups excluding carboxylic acids is 1. The number of anilines is 1. The van der Waals surface area contributed by atoms with Crippen molar-refractivity contribution in [2.75, 3.05) is 18.4 Å². The van der Waals surface area contributed by atoms with Gasteiger partial charge in [-0.2, -0.15) is 0 Å². The number of hydrogen-bond acceptors (Lipinski definition) is 3. The van der Waals surface area contributed by atoms with Crippen LogP contribution in [0.4, 0.5) is 5.69 Å². The van der Waals surface area contributed by atoms with Gasteiger partial charge in [-0.05, 0) is 18.2 Å². The zero-order valence-electron chi connectivity index (χ0n) is 7.59. The molecule has 74 valence electrons. The molecule has 1 aromatic carbocycles. The van der Waals surface area contributed by atoms with Gasteiger partial charge in [0.25, 0.3) is 0 Å². The van der Waals surface area contributed by atoms with Crippen LogP contribution in [0.1, 0.15) is 10.4 Å². The van der Waals surface area contributed by atoms with Crippen molar-refractivity contribution in [3.63, 3.8) is 0 Å². The van der Waals surface area contributed by atoms with Crippen molar-refractivity contribution in [1.82, 2.24) is 0 Å². The number of rotatable bonds is 1. The predicted octanol–water partition coefficient (Wildman–Crippen LogP) is 1.52. The second-order valence-corrected chi connectivity index (χ2v) is 3.80. The minimum atomic E-state index is -0.124. The second-order valence-electron chi connectivity index (χ2n) is 3.37. The standard InChI is InChI=1S/C10H11ClN2O/c11-7-1-2-9-8(3-7)10(14)6(4-12)5-13-9/h1-3,6,13H,4-5,12H2. The van der Waals surface area contributed by atoms with Crippen LogP contribution in [-0.2, 0) is 0 Å². The van der Waals surface area contributed by atoms with Crippen LogP contribution in [0.3, 0.4) is 0 Å². The first kappa shape index (κ1) is 9.49. The summed E-state index contributed by atoms with van der Waals surface area (Å²) in [5.74, 6) is -0.0373. The van der Waals surface area contributed by atoms with Gasteiger partial charge in [0, 0.05) is 29.4 Å². The van der Waals surface area contributed by atoms with Gasteiger partial charge in [0.05, 0.1) is 5.92 Å². The Hall–Kier alpha value is -1.06. The Morgan fingerprint density at radius 3 is 3.07 bits per heavy atom. The van der Waals surface area contributed by atoms with Gasteiger partial charge in [-0.15, -0.1) is 0 Å². The molecule has 1 aliphatic rings. The maximum atomic E-state index is 11.8. The summed E-state index contributed by atoms with van der Waals surface area (Å²) in [7, 11) is 0. The van der Waals surface area contributed by atoms with Gasteiger partial charge in [-0.3, -0.25) is 4.79 Å². The molecule has 0 spiro atoms. The molecule has 1 unspecified atom stereocenters. The largest absolute Gasteiger partial charge is 0.384 e. The molecule has 0 radical (unpaired) electrons. The third-order valence-corrected chi connectivity index (χ3v) is 2.68. The second kappa shape index (κ2) is 3.59. The number of hydrogen-bond donors (Lipinski definition) is 2. The fraction of sp³-hybridized carbons (Fsp3) is 0.300. The summed E-state index contributed by atoms with van der Waals surface area (Å²) < 4.78 is 0. The normalized spacial score (nSPS) is 20.1. The van der Waals surface area contributed by atoms with Crippen LogP contribution in [-0.4, -0.2) is 18.9 Å². The average molecular weight is 211 g/mol. The van der Waals surface area contributed by atoms with E-state index in [9.17, 15) is 4.79 Å². The first-order valence-corrected chi connectivity index (χ1v) is 4.88. The molecule has 3 nitrogen and oxygen atoms in total. The lowest BCUT2D eigenvalue weighted by molar-refractivity contribution is 0.0926. The fourth-order valence-electron chi connectivity index (χ4n) is 1.61. The number of halogens is 1. The predicted molar refractivity (Wildman–Crippen MR) is 56.8 cm³/mol. The van der Waals surface area contributed by atoms with Crippen molar-refractivity contribution < 1.29 is 4.79 Å². The van der Waals surface area contributed by atoms with E-state index in [2.05, 4.69) is 5.32 Å². The van der Waals surface area contributed by atoms with E-state index in [4.69, 9.17) is 17.3 Å². The Bertz CT molecular complexity index is 378. The molecule has 0 saturated heterocycles. The minimum Gasteiger partial charge on any atom is -0.384 e. The topological polar surface area (TPSA) is 55.1 Å². The van der Waals surface area contributed by atoms with Crippen LogP contribution in [0, 0.1) is 5.92 Å². The molecule has 3 N–H and O–H groups in total. The molecule has 14 heavy (non-hydrogen) atoms. The summed E-state index contributed by atoms with van der Waals surface area (Å²) in [5, 5.41) is 3.74. The van der Waals surface area contributed by atoms with E-state index in [1.807, 2.05) is 6.07 Å². The zero-order valence-corrected chi connectivity index (χ0v) is 8.34. The van der Waals surface area contributed by atoms with Crippen LogP contribution < -0.4 is 11.1 Å². The van der Waals surface area contributed by atoms with E-state index in [1.54, 1.807) is 12.1 Å². The van der Waals surface area contributed by atoms with Gasteiger partial charge in [0.15, 0.2) is 5.78 Å². The molecule has 4 heteroatoms. The van der Waals surface area contributed by atoms with Crippen LogP contribution in [0.5, 0.6) is 0 Å². The maximum absolute atomic E-state index is 11.8. The van der Waals surface area contributed by atoms with E-state index in [1.165, 1.54) is 0 Å². The van der Waals surface area contributed by atoms with E-state index in [0.717, 1.165) is 5.69 Å². The molecule has 0 bridgehead atoms. The third-order valence-electron chi connectivity index (χ3n) is 2.44. The van der Waals surface area contributed by atoms with Crippen molar-refractivity contribution in [2.24, 2.45) is 11.7 Å². The average Bonchev–Trinajstić information content (AvgIpc) is 2.20. The molecule has 0 aromatic heterocycles. The Kier molecular flexibility index (Phi) is 2.44. The lowest BCUT2D eigenvalue weighted by Crippen LogP contribution is -2.34. The molecular formula is C10H11ClN2O. The smallest absolute Gasteiger partial charge is 0.171 e. The minimum absolute atomic E-state index is 0.0868.